The highest BCUT2D eigenvalue weighted by molar-refractivity contribution is 6.03. The summed E-state index contributed by atoms with van der Waals surface area (Å²) in [6.07, 6.45) is 10.9. The van der Waals surface area contributed by atoms with E-state index in [2.05, 4.69) is 24.8 Å². The number of hydrogen-bond acceptors (Lipinski definition) is 8. The van der Waals surface area contributed by atoms with E-state index in [-0.39, 0.29) is 35.7 Å². The summed E-state index contributed by atoms with van der Waals surface area (Å²) in [5.74, 6) is 0.493. The number of likely N-dealkylation sites (tertiary alicyclic amines) is 2. The fourth-order valence-electron chi connectivity index (χ4n) is 5.45. The molecule has 0 bridgehead atoms. The summed E-state index contributed by atoms with van der Waals surface area (Å²) in [5.41, 5.74) is 7.18. The number of nitrogens with zero attached hydrogens (tertiary/aromatic N) is 8. The van der Waals surface area contributed by atoms with Crippen LogP contribution in [0.3, 0.4) is 0 Å². The minimum absolute atomic E-state index is 0.00640. The zero-order valence-corrected chi connectivity index (χ0v) is 22.6. The summed E-state index contributed by atoms with van der Waals surface area (Å²) in [6.45, 7) is 3.53. The van der Waals surface area contributed by atoms with Crippen LogP contribution in [0.25, 0.3) is 0 Å². The Kier molecular flexibility index (Phi) is 8.44. The second-order valence-corrected chi connectivity index (χ2v) is 10.3. The Balaban J connectivity index is 1.19. The van der Waals surface area contributed by atoms with Gasteiger partial charge in [-0.3, -0.25) is 24.5 Å². The quantitative estimate of drug-likeness (QED) is 0.500. The largest absolute Gasteiger partial charge is 0.368 e. The van der Waals surface area contributed by atoms with E-state index in [1.165, 1.54) is 29.4 Å². The molecule has 0 aliphatic carbocycles. The van der Waals surface area contributed by atoms with E-state index < -0.39 is 0 Å². The Labute approximate surface area is 232 Å². The molecule has 0 unspecified atom stereocenters. The van der Waals surface area contributed by atoms with Crippen LogP contribution < -0.4 is 15.5 Å². The third kappa shape index (κ3) is 6.33. The van der Waals surface area contributed by atoms with E-state index in [0.29, 0.717) is 37.4 Å². The molecule has 2 fully saturated rings. The van der Waals surface area contributed by atoms with Gasteiger partial charge in [-0.05, 0) is 63.0 Å². The predicted molar refractivity (Wildman–Crippen MR) is 149 cm³/mol. The van der Waals surface area contributed by atoms with Gasteiger partial charge >= 0.3 is 6.03 Å². The molecule has 0 saturated carbocycles. The predicted octanol–water partition coefficient (Wildman–Crippen LogP) is 2.95. The van der Waals surface area contributed by atoms with Gasteiger partial charge in [0.15, 0.2) is 5.82 Å². The number of urea groups is 1. The molecular weight excluding hydrogens is 513 g/mol. The molecule has 2 aliphatic rings. The van der Waals surface area contributed by atoms with Gasteiger partial charge in [0.2, 0.25) is 11.9 Å². The van der Waals surface area contributed by atoms with Crippen molar-refractivity contribution in [2.45, 2.75) is 38.3 Å². The minimum atomic E-state index is -0.369. The molecular formula is C28H34FN9O2. The summed E-state index contributed by atoms with van der Waals surface area (Å²) in [5, 5.41) is 0. The van der Waals surface area contributed by atoms with Crippen LogP contribution in [0.5, 0.6) is 0 Å². The van der Waals surface area contributed by atoms with E-state index >= 15 is 0 Å². The molecule has 0 spiro atoms. The molecule has 2 aromatic heterocycles. The highest BCUT2D eigenvalue weighted by atomic mass is 19.1. The molecule has 3 aromatic rings. The monoisotopic (exact) mass is 547 g/mol. The number of piperidine rings is 2. The Hall–Kier alpha value is -4.19. The maximum atomic E-state index is 13.7. The molecule has 12 heteroatoms. The Morgan fingerprint density at radius 2 is 1.62 bits per heavy atom. The first-order valence-electron chi connectivity index (χ1n) is 13.5. The summed E-state index contributed by atoms with van der Waals surface area (Å²) in [7, 11) is 1.65. The van der Waals surface area contributed by atoms with Gasteiger partial charge in [-0.15, -0.1) is 0 Å². The average Bonchev–Trinajstić information content (AvgIpc) is 3.00. The Bertz CT molecular complexity index is 1280. The van der Waals surface area contributed by atoms with Crippen LogP contribution in [0, 0.1) is 11.7 Å². The minimum Gasteiger partial charge on any atom is -0.368 e. The zero-order valence-electron chi connectivity index (χ0n) is 22.6. The van der Waals surface area contributed by atoms with E-state index in [4.69, 9.17) is 5.73 Å². The highest BCUT2D eigenvalue weighted by Gasteiger charge is 2.35. The van der Waals surface area contributed by atoms with Crippen LogP contribution in [0.2, 0.25) is 0 Å². The average molecular weight is 548 g/mol. The number of aromatic nitrogens is 4. The first-order valence-corrected chi connectivity index (χ1v) is 13.5. The molecule has 210 valence electrons. The number of nitrogen functional groups attached to an aromatic ring is 1. The van der Waals surface area contributed by atoms with Gasteiger partial charge < -0.3 is 10.6 Å². The number of hydrogen-bond donors (Lipinski definition) is 1. The molecule has 11 nitrogen and oxygen atoms in total. The van der Waals surface area contributed by atoms with E-state index in [1.807, 2.05) is 4.90 Å². The van der Waals surface area contributed by atoms with Crippen molar-refractivity contribution >= 4 is 29.4 Å². The van der Waals surface area contributed by atoms with E-state index in [1.54, 1.807) is 42.7 Å². The standard InChI is InChI=1S/C28H34FN9O2/c1-35(25-18-31-10-11-32-25)28(40)38(23-4-2-22(29)3-5-23)24-8-14-37(15-9-24)26(39)21-6-12-36(13-7-21)19-20-16-33-27(30)34-17-20/h2-5,10-11,16-18,21,24H,6-9,12-15,19H2,1H3,(H2,30,33,34). The van der Waals surface area contributed by atoms with Crippen molar-refractivity contribution in [1.82, 2.24) is 29.7 Å². The van der Waals surface area contributed by atoms with Gasteiger partial charge in [0.05, 0.1) is 6.20 Å². The maximum absolute atomic E-state index is 13.7. The van der Waals surface area contributed by atoms with Crippen molar-refractivity contribution in [3.63, 3.8) is 0 Å². The first kappa shape index (κ1) is 27.4. The van der Waals surface area contributed by atoms with Crippen molar-refractivity contribution in [1.29, 1.82) is 0 Å². The molecule has 4 heterocycles. The summed E-state index contributed by atoms with van der Waals surface area (Å²) in [6, 6.07) is 5.49. The van der Waals surface area contributed by atoms with Crippen molar-refractivity contribution < 1.29 is 14.0 Å². The Morgan fingerprint density at radius 3 is 2.25 bits per heavy atom. The molecule has 5 rings (SSSR count). The molecule has 2 N–H and O–H groups in total. The van der Waals surface area contributed by atoms with E-state index in [9.17, 15) is 14.0 Å². The normalized spacial score (nSPS) is 17.0. The number of carbonyl (C=O) groups is 2. The summed E-state index contributed by atoms with van der Waals surface area (Å²) in [4.78, 5) is 50.9. The first-order chi connectivity index (χ1) is 19.4. The number of carbonyl (C=O) groups excluding carboxylic acids is 2. The number of nitrogens with two attached hydrogens (primary N) is 1. The van der Waals surface area contributed by atoms with Crippen LogP contribution in [-0.2, 0) is 11.3 Å². The van der Waals surface area contributed by atoms with Gasteiger partial charge in [-0.25, -0.2) is 24.1 Å². The smallest absolute Gasteiger partial charge is 0.330 e. The molecule has 2 aliphatic heterocycles. The number of halogens is 1. The van der Waals surface area contributed by atoms with Crippen LogP contribution in [0.4, 0.5) is 26.6 Å². The van der Waals surface area contributed by atoms with Gasteiger partial charge in [0, 0.05) is 74.7 Å². The number of rotatable bonds is 6. The number of anilines is 3. The van der Waals surface area contributed by atoms with Gasteiger partial charge in [-0.1, -0.05) is 0 Å². The lowest BCUT2D eigenvalue weighted by Gasteiger charge is -2.41. The van der Waals surface area contributed by atoms with Crippen molar-refractivity contribution in [2.75, 3.05) is 48.8 Å². The van der Waals surface area contributed by atoms with Crippen molar-refractivity contribution in [3.05, 3.63) is 66.6 Å². The van der Waals surface area contributed by atoms with Crippen molar-refractivity contribution in [2.24, 2.45) is 5.92 Å². The lowest BCUT2D eigenvalue weighted by atomic mass is 9.93. The van der Waals surface area contributed by atoms with Crippen LogP contribution in [-0.4, -0.2) is 80.9 Å². The van der Waals surface area contributed by atoms with Gasteiger partial charge in [0.25, 0.3) is 0 Å². The summed E-state index contributed by atoms with van der Waals surface area (Å²) < 4.78 is 13.7. The van der Waals surface area contributed by atoms with Crippen LogP contribution in [0.15, 0.2) is 55.2 Å². The third-order valence-corrected chi connectivity index (χ3v) is 7.70. The zero-order chi connectivity index (χ0) is 28.1. The number of amides is 3. The fraction of sp³-hybridized carbons (Fsp3) is 0.429. The highest BCUT2D eigenvalue weighted by Crippen LogP contribution is 2.28. The molecule has 40 heavy (non-hydrogen) atoms. The Morgan fingerprint density at radius 1 is 0.950 bits per heavy atom. The van der Waals surface area contributed by atoms with Gasteiger partial charge in [-0.2, -0.15) is 0 Å². The molecule has 2 saturated heterocycles. The number of benzene rings is 1. The van der Waals surface area contributed by atoms with Gasteiger partial charge in [0.1, 0.15) is 5.82 Å². The SMILES string of the molecule is CN(C(=O)N(c1ccc(F)cc1)C1CCN(C(=O)C2CCN(Cc3cnc(N)nc3)CC2)CC1)c1cnccn1. The molecule has 0 radical (unpaired) electrons. The van der Waals surface area contributed by atoms with E-state index in [0.717, 1.165) is 38.0 Å². The second kappa shape index (κ2) is 12.3. The lowest BCUT2D eigenvalue weighted by molar-refractivity contribution is -0.138. The third-order valence-electron chi connectivity index (χ3n) is 7.70. The summed E-state index contributed by atoms with van der Waals surface area (Å²) >= 11 is 0. The second-order valence-electron chi connectivity index (χ2n) is 10.3. The lowest BCUT2D eigenvalue weighted by Crippen LogP contribution is -2.53. The van der Waals surface area contributed by atoms with Crippen molar-refractivity contribution in [3.8, 4) is 0 Å². The van der Waals surface area contributed by atoms with Crippen LogP contribution >= 0.6 is 0 Å². The molecule has 0 atom stereocenters. The topological polar surface area (TPSA) is 125 Å². The molecule has 1 aromatic carbocycles. The van der Waals surface area contributed by atoms with Crippen LogP contribution in [0.1, 0.15) is 31.2 Å². The fourth-order valence-corrected chi connectivity index (χ4v) is 5.45. The maximum Gasteiger partial charge on any atom is 0.330 e. The molecule has 3 amide bonds.